The van der Waals surface area contributed by atoms with Gasteiger partial charge in [-0.2, -0.15) is 0 Å². The lowest BCUT2D eigenvalue weighted by atomic mass is 9.96. The van der Waals surface area contributed by atoms with Gasteiger partial charge in [-0.25, -0.2) is 0 Å². The maximum Gasteiger partial charge on any atom is 0.257 e. The molecule has 0 spiro atoms. The lowest BCUT2D eigenvalue weighted by Crippen LogP contribution is -2.45. The van der Waals surface area contributed by atoms with Crippen molar-refractivity contribution >= 4 is 23.4 Å². The molecule has 1 aromatic heterocycles. The molecule has 1 aromatic carbocycles. The third-order valence-electron chi connectivity index (χ3n) is 5.72. The van der Waals surface area contributed by atoms with Gasteiger partial charge in [0.05, 0.1) is 29.3 Å². The van der Waals surface area contributed by atoms with Crippen LogP contribution in [-0.4, -0.2) is 48.0 Å². The first-order valence-electron chi connectivity index (χ1n) is 10.1. The van der Waals surface area contributed by atoms with E-state index < -0.39 is 0 Å². The van der Waals surface area contributed by atoms with E-state index in [-0.39, 0.29) is 17.7 Å². The van der Waals surface area contributed by atoms with Crippen LogP contribution in [0.2, 0.25) is 5.02 Å². The fourth-order valence-electron chi connectivity index (χ4n) is 3.83. The van der Waals surface area contributed by atoms with E-state index in [1.165, 1.54) is 12.8 Å². The Hall–Kier alpha value is -2.47. The average molecular weight is 416 g/mol. The van der Waals surface area contributed by atoms with Crippen LogP contribution in [-0.2, 0) is 4.79 Å². The number of nitrogens with zero attached hydrogens (tertiary/aromatic N) is 2. The SMILES string of the molecule is COc1cc(-n2cccc2)c(Cl)cc1C(=O)N1CCCC(C(=O)NCC2CC2)C1. The second kappa shape index (κ2) is 8.49. The number of amides is 2. The van der Waals surface area contributed by atoms with Crippen molar-refractivity contribution < 1.29 is 14.3 Å². The van der Waals surface area contributed by atoms with Crippen LogP contribution in [0.5, 0.6) is 5.75 Å². The van der Waals surface area contributed by atoms with Gasteiger partial charge in [0.2, 0.25) is 5.91 Å². The Bertz CT molecular complexity index is 893. The number of carbonyl (C=O) groups excluding carboxylic acids is 2. The number of hydrogen-bond donors (Lipinski definition) is 1. The van der Waals surface area contributed by atoms with Crippen molar-refractivity contribution in [2.45, 2.75) is 25.7 Å². The van der Waals surface area contributed by atoms with Crippen LogP contribution < -0.4 is 10.1 Å². The van der Waals surface area contributed by atoms with E-state index in [1.54, 1.807) is 24.1 Å². The van der Waals surface area contributed by atoms with Gasteiger partial charge in [-0.3, -0.25) is 9.59 Å². The van der Waals surface area contributed by atoms with E-state index in [0.29, 0.717) is 35.3 Å². The third-order valence-corrected chi connectivity index (χ3v) is 6.03. The summed E-state index contributed by atoms with van der Waals surface area (Å²) in [6, 6.07) is 7.25. The number of rotatable bonds is 6. The van der Waals surface area contributed by atoms with E-state index in [9.17, 15) is 9.59 Å². The summed E-state index contributed by atoms with van der Waals surface area (Å²) in [5.74, 6) is 0.866. The van der Waals surface area contributed by atoms with Gasteiger partial charge in [0.15, 0.2) is 0 Å². The van der Waals surface area contributed by atoms with Crippen molar-refractivity contribution in [2.75, 3.05) is 26.7 Å². The highest BCUT2D eigenvalue weighted by Crippen LogP contribution is 2.32. The van der Waals surface area contributed by atoms with Gasteiger partial charge in [0.25, 0.3) is 5.91 Å². The summed E-state index contributed by atoms with van der Waals surface area (Å²) >= 11 is 6.48. The van der Waals surface area contributed by atoms with Crippen LogP contribution in [0.1, 0.15) is 36.0 Å². The van der Waals surface area contributed by atoms with Gasteiger partial charge < -0.3 is 19.5 Å². The third kappa shape index (κ3) is 4.42. The van der Waals surface area contributed by atoms with Crippen molar-refractivity contribution in [1.82, 2.24) is 14.8 Å². The number of benzene rings is 1. The highest BCUT2D eigenvalue weighted by atomic mass is 35.5. The maximum absolute atomic E-state index is 13.2. The average Bonchev–Trinajstić information content (AvgIpc) is 3.42. The van der Waals surface area contributed by atoms with Crippen LogP contribution in [0.25, 0.3) is 5.69 Å². The second-order valence-electron chi connectivity index (χ2n) is 7.87. The number of ether oxygens (including phenoxy) is 1. The molecule has 154 valence electrons. The molecule has 1 aliphatic heterocycles. The fraction of sp³-hybridized carbons (Fsp3) is 0.455. The molecule has 29 heavy (non-hydrogen) atoms. The Balaban J connectivity index is 1.50. The van der Waals surface area contributed by atoms with Crippen molar-refractivity contribution in [3.63, 3.8) is 0 Å². The second-order valence-corrected chi connectivity index (χ2v) is 8.28. The van der Waals surface area contributed by atoms with E-state index in [0.717, 1.165) is 25.1 Å². The van der Waals surface area contributed by atoms with Crippen molar-refractivity contribution in [2.24, 2.45) is 11.8 Å². The van der Waals surface area contributed by atoms with Gasteiger partial charge >= 0.3 is 0 Å². The fourth-order valence-corrected chi connectivity index (χ4v) is 4.09. The van der Waals surface area contributed by atoms with E-state index in [4.69, 9.17) is 16.3 Å². The minimum Gasteiger partial charge on any atom is -0.496 e. The Morgan fingerprint density at radius 2 is 1.97 bits per heavy atom. The molecule has 0 radical (unpaired) electrons. The molecule has 2 aromatic rings. The van der Waals surface area contributed by atoms with Gasteiger partial charge in [-0.1, -0.05) is 11.6 Å². The van der Waals surface area contributed by atoms with Crippen LogP contribution >= 0.6 is 11.6 Å². The Morgan fingerprint density at radius 1 is 1.21 bits per heavy atom. The summed E-state index contributed by atoms with van der Waals surface area (Å²) < 4.78 is 7.37. The quantitative estimate of drug-likeness (QED) is 0.785. The minimum absolute atomic E-state index is 0.0577. The summed E-state index contributed by atoms with van der Waals surface area (Å²) in [4.78, 5) is 27.5. The monoisotopic (exact) mass is 415 g/mol. The predicted molar refractivity (Wildman–Crippen MR) is 112 cm³/mol. The standard InChI is InChI=1S/C22H26ClN3O3/c1-29-20-12-19(25-8-2-3-9-25)18(23)11-17(20)22(28)26-10-4-5-16(14-26)21(27)24-13-15-6-7-15/h2-3,8-9,11-12,15-16H,4-7,10,13-14H2,1H3,(H,24,27). The molecule has 2 fully saturated rings. The van der Waals surface area contributed by atoms with Crippen molar-refractivity contribution in [3.05, 3.63) is 47.2 Å². The Labute approximate surface area is 175 Å². The van der Waals surface area contributed by atoms with Crippen LogP contribution in [0.4, 0.5) is 0 Å². The zero-order valence-corrected chi connectivity index (χ0v) is 17.3. The van der Waals surface area contributed by atoms with Crippen LogP contribution in [0, 0.1) is 11.8 Å². The highest BCUT2D eigenvalue weighted by Gasteiger charge is 2.31. The molecule has 2 amide bonds. The van der Waals surface area contributed by atoms with Gasteiger partial charge in [0, 0.05) is 38.1 Å². The number of hydrogen-bond acceptors (Lipinski definition) is 3. The van der Waals surface area contributed by atoms with Gasteiger partial charge in [0.1, 0.15) is 5.75 Å². The Morgan fingerprint density at radius 3 is 2.66 bits per heavy atom. The largest absolute Gasteiger partial charge is 0.496 e. The topological polar surface area (TPSA) is 63.6 Å². The van der Waals surface area contributed by atoms with E-state index in [2.05, 4.69) is 5.32 Å². The summed E-state index contributed by atoms with van der Waals surface area (Å²) in [5.41, 5.74) is 1.17. The summed E-state index contributed by atoms with van der Waals surface area (Å²) in [6.07, 6.45) is 7.80. The predicted octanol–water partition coefficient (Wildman–Crippen LogP) is 3.52. The molecule has 1 saturated heterocycles. The van der Waals surface area contributed by atoms with Crippen molar-refractivity contribution in [3.8, 4) is 11.4 Å². The van der Waals surface area contributed by atoms with Crippen LogP contribution in [0.3, 0.4) is 0 Å². The summed E-state index contributed by atoms with van der Waals surface area (Å²) in [5, 5.41) is 3.52. The molecule has 1 atom stereocenters. The first-order chi connectivity index (χ1) is 14.1. The zero-order chi connectivity index (χ0) is 20.4. The lowest BCUT2D eigenvalue weighted by Gasteiger charge is -2.32. The normalized spacial score (nSPS) is 19.1. The van der Waals surface area contributed by atoms with Crippen LogP contribution in [0.15, 0.2) is 36.7 Å². The first kappa shape index (κ1) is 19.8. The molecule has 4 rings (SSSR count). The molecule has 1 N–H and O–H groups in total. The zero-order valence-electron chi connectivity index (χ0n) is 16.6. The molecule has 2 aliphatic rings. The van der Waals surface area contributed by atoms with Gasteiger partial charge in [-0.15, -0.1) is 0 Å². The number of methoxy groups -OCH3 is 1. The Kier molecular flexibility index (Phi) is 5.81. The number of aromatic nitrogens is 1. The lowest BCUT2D eigenvalue weighted by molar-refractivity contribution is -0.126. The molecular weight excluding hydrogens is 390 g/mol. The smallest absolute Gasteiger partial charge is 0.257 e. The molecule has 1 unspecified atom stereocenters. The molecule has 0 bridgehead atoms. The number of carbonyl (C=O) groups is 2. The summed E-state index contributed by atoms with van der Waals surface area (Å²) in [6.45, 7) is 1.81. The molecule has 2 heterocycles. The number of halogens is 1. The van der Waals surface area contributed by atoms with Gasteiger partial charge in [-0.05, 0) is 49.8 Å². The molecule has 1 saturated carbocycles. The number of likely N-dealkylation sites (tertiary alicyclic amines) is 1. The molecule has 7 heteroatoms. The summed E-state index contributed by atoms with van der Waals surface area (Å²) in [7, 11) is 1.55. The molecule has 1 aliphatic carbocycles. The number of nitrogens with one attached hydrogen (secondary N) is 1. The molecular formula is C22H26ClN3O3. The maximum atomic E-state index is 13.2. The van der Waals surface area contributed by atoms with E-state index >= 15 is 0 Å². The van der Waals surface area contributed by atoms with Crippen molar-refractivity contribution in [1.29, 1.82) is 0 Å². The minimum atomic E-state index is -0.160. The highest BCUT2D eigenvalue weighted by molar-refractivity contribution is 6.33. The number of piperidine rings is 1. The van der Waals surface area contributed by atoms with E-state index in [1.807, 2.05) is 29.1 Å². The first-order valence-corrected chi connectivity index (χ1v) is 10.5. The molecule has 6 nitrogen and oxygen atoms in total.